The highest BCUT2D eigenvalue weighted by atomic mass is 15.2. The van der Waals surface area contributed by atoms with Crippen molar-refractivity contribution in [2.24, 2.45) is 0 Å². The van der Waals surface area contributed by atoms with Gasteiger partial charge in [0.15, 0.2) is 5.65 Å². The standard InChI is InChI=1S/C32H33N7.C2H6/c1-20-17-34-30(21(2)36-20)25-9-12-29(33-18-25)31-28-16-26(19-35-32(28)38-37-31)24-6-5-22-7-10-27(11-8-23(22)15-24)39-13-3-4-14-39;1-2/h5-6,9,12,15-19,27H,3-4,7-8,10-11,13-14H2,1-2H3,(H,35,37,38);1-2H3. The summed E-state index contributed by atoms with van der Waals surface area (Å²) in [7, 11) is 0. The highest BCUT2D eigenvalue weighted by Crippen LogP contribution is 2.32. The number of nitrogens with zero attached hydrogens (tertiary/aromatic N) is 6. The Kier molecular flexibility index (Phi) is 7.88. The topological polar surface area (TPSA) is 83.5 Å². The van der Waals surface area contributed by atoms with Gasteiger partial charge in [-0.25, -0.2) is 4.98 Å². The van der Waals surface area contributed by atoms with Crippen LogP contribution in [0.4, 0.5) is 0 Å². The smallest absolute Gasteiger partial charge is 0.181 e. The molecule has 1 aliphatic carbocycles. The van der Waals surface area contributed by atoms with Crippen molar-refractivity contribution in [2.75, 3.05) is 13.1 Å². The summed E-state index contributed by atoms with van der Waals surface area (Å²) in [5.41, 5.74) is 11.3. The van der Waals surface area contributed by atoms with E-state index in [-0.39, 0.29) is 0 Å². The molecular formula is C34H39N7. The molecule has 0 bridgehead atoms. The van der Waals surface area contributed by atoms with Crippen molar-refractivity contribution in [1.82, 2.24) is 35.0 Å². The SMILES string of the molecule is CC.Cc1cnc(-c2ccc(-c3[nH]nc4ncc(-c5ccc6c(c5)CCC(N5CCCC5)CC6)cc34)nc2)c(C)n1. The van der Waals surface area contributed by atoms with Crippen LogP contribution in [-0.2, 0) is 12.8 Å². The summed E-state index contributed by atoms with van der Waals surface area (Å²) in [5.74, 6) is 0. The molecular weight excluding hydrogens is 506 g/mol. The van der Waals surface area contributed by atoms with Crippen LogP contribution in [0.2, 0.25) is 0 Å². The van der Waals surface area contributed by atoms with Gasteiger partial charge in [0, 0.05) is 41.1 Å². The van der Waals surface area contributed by atoms with Gasteiger partial charge < -0.3 is 4.90 Å². The third-order valence-corrected chi connectivity index (χ3v) is 8.46. The first kappa shape index (κ1) is 27.2. The van der Waals surface area contributed by atoms with Gasteiger partial charge in [-0.1, -0.05) is 32.0 Å². The molecule has 0 spiro atoms. The first-order valence-electron chi connectivity index (χ1n) is 15.1. The van der Waals surface area contributed by atoms with Gasteiger partial charge in [0.25, 0.3) is 0 Å². The summed E-state index contributed by atoms with van der Waals surface area (Å²) in [6, 6.07) is 14.0. The van der Waals surface area contributed by atoms with Gasteiger partial charge in [0.05, 0.1) is 28.5 Å². The van der Waals surface area contributed by atoms with Crippen molar-refractivity contribution in [3.8, 4) is 33.8 Å². The summed E-state index contributed by atoms with van der Waals surface area (Å²) in [5, 5.41) is 8.60. The average molecular weight is 546 g/mol. The molecule has 7 rings (SSSR count). The number of nitrogens with one attached hydrogen (secondary N) is 1. The zero-order valence-electron chi connectivity index (χ0n) is 24.6. The van der Waals surface area contributed by atoms with Crippen molar-refractivity contribution >= 4 is 11.0 Å². The Balaban J connectivity index is 0.00000148. The van der Waals surface area contributed by atoms with Crippen molar-refractivity contribution in [3.05, 3.63) is 77.5 Å². The lowest BCUT2D eigenvalue weighted by molar-refractivity contribution is 0.222. The van der Waals surface area contributed by atoms with E-state index in [0.717, 1.165) is 57.4 Å². The van der Waals surface area contributed by atoms with Gasteiger partial charge >= 0.3 is 0 Å². The van der Waals surface area contributed by atoms with Gasteiger partial charge in [0.1, 0.15) is 0 Å². The summed E-state index contributed by atoms with van der Waals surface area (Å²) < 4.78 is 0. The molecule has 210 valence electrons. The lowest BCUT2D eigenvalue weighted by Crippen LogP contribution is -2.32. The lowest BCUT2D eigenvalue weighted by atomic mass is 9.97. The minimum Gasteiger partial charge on any atom is -0.300 e. The van der Waals surface area contributed by atoms with E-state index in [9.17, 15) is 0 Å². The second kappa shape index (κ2) is 11.9. The van der Waals surface area contributed by atoms with E-state index in [0.29, 0.717) is 5.65 Å². The molecule has 7 heteroatoms. The second-order valence-electron chi connectivity index (χ2n) is 11.0. The minimum atomic E-state index is 0.697. The first-order valence-corrected chi connectivity index (χ1v) is 15.1. The number of pyridine rings is 2. The molecule has 1 saturated heterocycles. The molecule has 4 aromatic heterocycles. The predicted octanol–water partition coefficient (Wildman–Crippen LogP) is 7.13. The molecule has 1 unspecified atom stereocenters. The van der Waals surface area contributed by atoms with Crippen LogP contribution in [0.15, 0.2) is 55.0 Å². The fraction of sp³-hybridized carbons (Fsp3) is 0.382. The lowest BCUT2D eigenvalue weighted by Gasteiger charge is -2.25. The highest BCUT2D eigenvalue weighted by molar-refractivity contribution is 5.92. The maximum absolute atomic E-state index is 4.75. The maximum Gasteiger partial charge on any atom is 0.181 e. The third kappa shape index (κ3) is 5.51. The van der Waals surface area contributed by atoms with Crippen LogP contribution >= 0.6 is 0 Å². The zero-order chi connectivity index (χ0) is 28.3. The number of hydrogen-bond acceptors (Lipinski definition) is 6. The minimum absolute atomic E-state index is 0.697. The van der Waals surface area contributed by atoms with Crippen molar-refractivity contribution in [1.29, 1.82) is 0 Å². The number of hydrogen-bond donors (Lipinski definition) is 1. The monoisotopic (exact) mass is 545 g/mol. The summed E-state index contributed by atoms with van der Waals surface area (Å²) in [6.07, 6.45) is 13.2. The Morgan fingerprint density at radius 2 is 1.54 bits per heavy atom. The third-order valence-electron chi connectivity index (χ3n) is 8.46. The largest absolute Gasteiger partial charge is 0.300 e. The van der Waals surface area contributed by atoms with Gasteiger partial charge in [-0.3, -0.25) is 20.1 Å². The van der Waals surface area contributed by atoms with Crippen molar-refractivity contribution in [3.63, 3.8) is 0 Å². The number of aromatic amines is 1. The quantitative estimate of drug-likeness (QED) is 0.242. The van der Waals surface area contributed by atoms with Gasteiger partial charge in [-0.15, -0.1) is 0 Å². The van der Waals surface area contributed by atoms with Crippen LogP contribution < -0.4 is 0 Å². The Bertz CT molecular complexity index is 1650. The first-order chi connectivity index (χ1) is 20.1. The number of benzene rings is 1. The van der Waals surface area contributed by atoms with E-state index in [1.165, 1.54) is 61.9 Å². The summed E-state index contributed by atoms with van der Waals surface area (Å²) in [4.78, 5) is 21.3. The average Bonchev–Trinajstić information content (AvgIpc) is 3.65. The van der Waals surface area contributed by atoms with Crippen LogP contribution in [-0.4, -0.2) is 54.2 Å². The van der Waals surface area contributed by atoms with Crippen LogP contribution in [0.5, 0.6) is 0 Å². The fourth-order valence-electron chi connectivity index (χ4n) is 6.36. The van der Waals surface area contributed by atoms with E-state index < -0.39 is 0 Å². The highest BCUT2D eigenvalue weighted by Gasteiger charge is 2.24. The fourth-order valence-corrected chi connectivity index (χ4v) is 6.36. The second-order valence-corrected chi connectivity index (χ2v) is 11.0. The number of rotatable bonds is 4. The molecule has 1 aliphatic heterocycles. The van der Waals surface area contributed by atoms with E-state index in [1.54, 1.807) is 6.20 Å². The molecule has 0 radical (unpaired) electrons. The predicted molar refractivity (Wildman–Crippen MR) is 166 cm³/mol. The molecule has 5 heterocycles. The normalized spacial score (nSPS) is 17.1. The Morgan fingerprint density at radius 1 is 0.780 bits per heavy atom. The van der Waals surface area contributed by atoms with Crippen molar-refractivity contribution < 1.29 is 0 Å². The zero-order valence-corrected chi connectivity index (χ0v) is 24.6. The number of aromatic nitrogens is 6. The molecule has 2 aliphatic rings. The molecule has 5 aromatic rings. The number of fused-ring (bicyclic) bond motifs is 2. The maximum atomic E-state index is 4.75. The Labute approximate surface area is 242 Å². The van der Waals surface area contributed by atoms with E-state index in [1.807, 2.05) is 52.2 Å². The Hall–Kier alpha value is -3.97. The molecule has 1 aromatic carbocycles. The van der Waals surface area contributed by atoms with E-state index in [2.05, 4.69) is 54.3 Å². The molecule has 1 N–H and O–H groups in total. The number of likely N-dealkylation sites (tertiary alicyclic amines) is 1. The van der Waals surface area contributed by atoms with Gasteiger partial charge in [0.2, 0.25) is 0 Å². The molecule has 7 nitrogen and oxygen atoms in total. The van der Waals surface area contributed by atoms with Crippen LogP contribution in [0, 0.1) is 13.8 Å². The number of aryl methyl sites for hydroxylation is 4. The molecule has 0 saturated carbocycles. The molecule has 1 fully saturated rings. The van der Waals surface area contributed by atoms with E-state index in [4.69, 9.17) is 4.98 Å². The Morgan fingerprint density at radius 3 is 2.29 bits per heavy atom. The summed E-state index contributed by atoms with van der Waals surface area (Å²) >= 11 is 0. The van der Waals surface area contributed by atoms with Crippen LogP contribution in [0.1, 0.15) is 62.0 Å². The number of H-pyrrole nitrogens is 1. The summed E-state index contributed by atoms with van der Waals surface area (Å²) in [6.45, 7) is 10.5. The molecule has 41 heavy (non-hydrogen) atoms. The molecule has 0 amide bonds. The van der Waals surface area contributed by atoms with Gasteiger partial charge in [-0.2, -0.15) is 5.10 Å². The van der Waals surface area contributed by atoms with Crippen LogP contribution in [0.25, 0.3) is 44.8 Å². The van der Waals surface area contributed by atoms with Gasteiger partial charge in [-0.05, 0) is 100 Å². The van der Waals surface area contributed by atoms with Crippen LogP contribution in [0.3, 0.4) is 0 Å². The molecule has 1 atom stereocenters. The van der Waals surface area contributed by atoms with Crippen molar-refractivity contribution in [2.45, 2.75) is 72.3 Å². The van der Waals surface area contributed by atoms with E-state index >= 15 is 0 Å².